The molecule has 10 heavy (non-hydrogen) atoms. The average Bonchev–Trinajstić information content (AvgIpc) is 1.60. The van der Waals surface area contributed by atoms with E-state index in [0.29, 0.717) is 6.42 Å². The van der Waals surface area contributed by atoms with Crippen molar-refractivity contribution in [2.45, 2.75) is 38.8 Å². The number of hydrogen-bond donors (Lipinski definition) is 1. The van der Waals surface area contributed by atoms with Crippen LogP contribution in [0.1, 0.15) is 27.2 Å². The number of nitro groups is 1. The van der Waals surface area contributed by atoms with Gasteiger partial charge in [-0.2, -0.15) is 0 Å². The maximum Gasteiger partial charge on any atom is 0.240 e. The van der Waals surface area contributed by atoms with Crippen LogP contribution in [0.2, 0.25) is 0 Å². The molecule has 0 aliphatic heterocycles. The monoisotopic (exact) mass is 147 g/mol. The third-order valence-electron chi connectivity index (χ3n) is 1.46. The van der Waals surface area contributed by atoms with E-state index < -0.39 is 16.6 Å². The molecular weight excluding hydrogens is 134 g/mol. The first kappa shape index (κ1) is 9.36. The first-order chi connectivity index (χ1) is 4.39. The smallest absolute Gasteiger partial charge is 0.240 e. The van der Waals surface area contributed by atoms with Gasteiger partial charge >= 0.3 is 0 Å². The van der Waals surface area contributed by atoms with Crippen LogP contribution in [0.15, 0.2) is 0 Å². The summed E-state index contributed by atoms with van der Waals surface area (Å²) in [7, 11) is 0. The molecule has 0 heterocycles. The van der Waals surface area contributed by atoms with E-state index in [-0.39, 0.29) is 0 Å². The van der Waals surface area contributed by atoms with Gasteiger partial charge in [0.15, 0.2) is 0 Å². The van der Waals surface area contributed by atoms with Gasteiger partial charge < -0.3 is 5.11 Å². The van der Waals surface area contributed by atoms with Gasteiger partial charge in [-0.1, -0.05) is 6.92 Å². The Morgan fingerprint density at radius 2 is 2.10 bits per heavy atom. The minimum Gasteiger partial charge on any atom is -0.383 e. The molecule has 0 fully saturated rings. The summed E-state index contributed by atoms with van der Waals surface area (Å²) in [6.45, 7) is 4.58. The Bertz CT molecular complexity index is 127. The van der Waals surface area contributed by atoms with E-state index in [1.165, 1.54) is 13.8 Å². The van der Waals surface area contributed by atoms with Crippen molar-refractivity contribution in [2.24, 2.45) is 0 Å². The Kier molecular flexibility index (Phi) is 2.77. The van der Waals surface area contributed by atoms with Crippen molar-refractivity contribution in [1.82, 2.24) is 0 Å². The van der Waals surface area contributed by atoms with Crippen molar-refractivity contribution in [3.63, 3.8) is 0 Å². The lowest BCUT2D eigenvalue weighted by Crippen LogP contribution is -2.41. The standard InChI is InChI=1S/C6H13NO3/c1-4-5(7(9)10)6(2,3)8/h5,8H,4H2,1-3H3. The molecule has 4 nitrogen and oxygen atoms in total. The highest BCUT2D eigenvalue weighted by Crippen LogP contribution is 2.14. The topological polar surface area (TPSA) is 63.4 Å². The number of rotatable bonds is 3. The Morgan fingerprint density at radius 1 is 1.70 bits per heavy atom. The third-order valence-corrected chi connectivity index (χ3v) is 1.46. The molecule has 0 rings (SSSR count). The molecule has 1 unspecified atom stereocenters. The van der Waals surface area contributed by atoms with E-state index in [9.17, 15) is 15.2 Å². The summed E-state index contributed by atoms with van der Waals surface area (Å²) in [5, 5.41) is 19.4. The van der Waals surface area contributed by atoms with E-state index in [1.54, 1.807) is 6.92 Å². The maximum atomic E-state index is 10.2. The van der Waals surface area contributed by atoms with Crippen LogP contribution in [0.5, 0.6) is 0 Å². The van der Waals surface area contributed by atoms with Crippen LogP contribution >= 0.6 is 0 Å². The Morgan fingerprint density at radius 3 is 2.10 bits per heavy atom. The van der Waals surface area contributed by atoms with Gasteiger partial charge in [0.05, 0.1) is 0 Å². The zero-order valence-corrected chi connectivity index (χ0v) is 6.50. The van der Waals surface area contributed by atoms with Crippen LogP contribution in [0.3, 0.4) is 0 Å². The van der Waals surface area contributed by atoms with Crippen molar-refractivity contribution < 1.29 is 10.0 Å². The molecule has 4 heteroatoms. The summed E-state index contributed by atoms with van der Waals surface area (Å²) in [6.07, 6.45) is 0.358. The number of aliphatic hydroxyl groups is 1. The van der Waals surface area contributed by atoms with Gasteiger partial charge in [0, 0.05) is 11.3 Å². The highest BCUT2D eigenvalue weighted by atomic mass is 16.6. The van der Waals surface area contributed by atoms with Crippen LogP contribution in [0.25, 0.3) is 0 Å². The minimum atomic E-state index is -1.21. The largest absolute Gasteiger partial charge is 0.383 e. The second kappa shape index (κ2) is 2.96. The average molecular weight is 147 g/mol. The Balaban J connectivity index is 4.22. The summed E-state index contributed by atoms with van der Waals surface area (Å²) in [6, 6.07) is -0.854. The van der Waals surface area contributed by atoms with Gasteiger partial charge in [-0.3, -0.25) is 10.1 Å². The fourth-order valence-electron chi connectivity index (χ4n) is 0.907. The fraction of sp³-hybridized carbons (Fsp3) is 1.00. The van der Waals surface area contributed by atoms with E-state index in [4.69, 9.17) is 0 Å². The molecule has 1 atom stereocenters. The molecule has 0 bridgehead atoms. The van der Waals surface area contributed by atoms with Gasteiger partial charge in [-0.15, -0.1) is 0 Å². The molecule has 0 aromatic carbocycles. The highest BCUT2D eigenvalue weighted by molar-refractivity contribution is 4.75. The second-order valence-electron chi connectivity index (χ2n) is 2.86. The van der Waals surface area contributed by atoms with Crippen molar-refractivity contribution in [3.8, 4) is 0 Å². The summed E-state index contributed by atoms with van der Waals surface area (Å²) in [5.41, 5.74) is -1.21. The van der Waals surface area contributed by atoms with Gasteiger partial charge in [-0.25, -0.2) is 0 Å². The van der Waals surface area contributed by atoms with Crippen LogP contribution in [-0.2, 0) is 0 Å². The maximum absolute atomic E-state index is 10.2. The molecule has 0 aromatic heterocycles. The molecule has 0 spiro atoms. The SMILES string of the molecule is CCC([N+](=O)[O-])C(C)(C)O. The lowest BCUT2D eigenvalue weighted by molar-refractivity contribution is -0.543. The molecule has 0 aliphatic carbocycles. The number of nitrogens with zero attached hydrogens (tertiary/aromatic N) is 1. The van der Waals surface area contributed by atoms with E-state index in [1.807, 2.05) is 0 Å². The van der Waals surface area contributed by atoms with Crippen LogP contribution in [0.4, 0.5) is 0 Å². The van der Waals surface area contributed by atoms with Gasteiger partial charge in [-0.05, 0) is 13.8 Å². The normalized spacial score (nSPS) is 14.8. The summed E-state index contributed by atoms with van der Waals surface area (Å²) < 4.78 is 0. The molecule has 0 aliphatic rings. The molecular formula is C6H13NO3. The molecule has 0 radical (unpaired) electrons. The van der Waals surface area contributed by atoms with E-state index >= 15 is 0 Å². The van der Waals surface area contributed by atoms with Crippen LogP contribution in [0, 0.1) is 10.1 Å². The third kappa shape index (κ3) is 2.31. The first-order valence-corrected chi connectivity index (χ1v) is 3.25. The van der Waals surface area contributed by atoms with Gasteiger partial charge in [0.1, 0.15) is 5.60 Å². The summed E-state index contributed by atoms with van der Waals surface area (Å²) >= 11 is 0. The molecule has 0 saturated carbocycles. The quantitative estimate of drug-likeness (QED) is 0.474. The van der Waals surface area contributed by atoms with Crippen molar-refractivity contribution in [3.05, 3.63) is 10.1 Å². The number of hydrogen-bond acceptors (Lipinski definition) is 3. The summed E-state index contributed by atoms with van der Waals surface area (Å²) in [4.78, 5) is 9.78. The lowest BCUT2D eigenvalue weighted by Gasteiger charge is -2.20. The van der Waals surface area contributed by atoms with E-state index in [2.05, 4.69) is 0 Å². The predicted octanol–water partition coefficient (Wildman–Crippen LogP) is 0.813. The van der Waals surface area contributed by atoms with Crippen LogP contribution in [-0.4, -0.2) is 21.7 Å². The minimum absolute atomic E-state index is 0.358. The molecule has 60 valence electrons. The molecule has 0 amide bonds. The van der Waals surface area contributed by atoms with Crippen molar-refractivity contribution >= 4 is 0 Å². The highest BCUT2D eigenvalue weighted by Gasteiger charge is 2.34. The molecule has 1 N–H and O–H groups in total. The zero-order valence-electron chi connectivity index (χ0n) is 6.50. The zero-order chi connectivity index (χ0) is 8.36. The molecule has 0 saturated heterocycles. The fourth-order valence-corrected chi connectivity index (χ4v) is 0.907. The predicted molar refractivity (Wildman–Crippen MR) is 37.4 cm³/mol. The summed E-state index contributed by atoms with van der Waals surface area (Å²) in [5.74, 6) is 0. The van der Waals surface area contributed by atoms with Crippen molar-refractivity contribution in [1.29, 1.82) is 0 Å². The van der Waals surface area contributed by atoms with E-state index in [0.717, 1.165) is 0 Å². The van der Waals surface area contributed by atoms with Gasteiger partial charge in [0.25, 0.3) is 0 Å². The van der Waals surface area contributed by atoms with Crippen molar-refractivity contribution in [2.75, 3.05) is 0 Å². The first-order valence-electron chi connectivity index (χ1n) is 3.25. The van der Waals surface area contributed by atoms with Gasteiger partial charge in [0.2, 0.25) is 6.04 Å². The Labute approximate surface area is 60.0 Å². The lowest BCUT2D eigenvalue weighted by atomic mass is 9.98. The second-order valence-corrected chi connectivity index (χ2v) is 2.86. The van der Waals surface area contributed by atoms with Crippen LogP contribution < -0.4 is 0 Å². The molecule has 0 aromatic rings. The Hall–Kier alpha value is -0.640.